The van der Waals surface area contributed by atoms with Crippen molar-refractivity contribution >= 4 is 24.8 Å². The van der Waals surface area contributed by atoms with Gasteiger partial charge in [0.15, 0.2) is 5.82 Å². The molecule has 0 saturated heterocycles. The van der Waals surface area contributed by atoms with E-state index in [4.69, 9.17) is 4.74 Å². The zero-order valence-electron chi connectivity index (χ0n) is 22.8. The van der Waals surface area contributed by atoms with E-state index in [0.717, 1.165) is 0 Å². The Hall–Kier alpha value is -1.84. The number of ether oxygens (including phenoxy) is 1. The van der Waals surface area contributed by atoms with Gasteiger partial charge in [-0.3, -0.25) is 4.79 Å². The van der Waals surface area contributed by atoms with Crippen LogP contribution in [0.1, 0.15) is 59.9 Å². The molecule has 2 aliphatic rings. The first-order valence-electron chi connectivity index (χ1n) is 12.0. The Morgan fingerprint density at radius 1 is 1.14 bits per heavy atom. The number of fused-ring (bicyclic) bond motifs is 9. The van der Waals surface area contributed by atoms with Gasteiger partial charge in [0.25, 0.3) is 5.91 Å². The van der Waals surface area contributed by atoms with Crippen LogP contribution in [0.25, 0.3) is 22.2 Å². The number of benzene rings is 2. The monoisotopic (exact) mass is 619 g/mol. The van der Waals surface area contributed by atoms with Crippen molar-refractivity contribution in [3.05, 3.63) is 71.3 Å². The molecule has 0 saturated carbocycles. The third-order valence-electron chi connectivity index (χ3n) is 6.89. The zero-order chi connectivity index (χ0) is 28.6. The number of halogens is 3. The van der Waals surface area contributed by atoms with Gasteiger partial charge in [0, 0.05) is 40.7 Å². The summed E-state index contributed by atoms with van der Waals surface area (Å²) in [6.07, 6.45) is 2.84. The standard InChI is InChI=1S/C25H21F3N5O6P.2Na/c1-25(2,39-40(35,36)37)23-29-9-11(10-30-23)13-6-17-15(7-14(13)26)31-21-16-8-18(33(17)21)20-12(22(34)32-16)4-3-5-19(20)38-24(27)28;;/h3-7,9-10,16,18,24H,8H2,1-2H3,(H,32,34)(H2,35,36,37);;/q;2*+1/p-2/t16-,18-;;/m1../s1. The summed E-state index contributed by atoms with van der Waals surface area (Å²) >= 11 is 0. The van der Waals surface area contributed by atoms with Crippen LogP contribution >= 0.6 is 7.82 Å². The number of imidazole rings is 1. The van der Waals surface area contributed by atoms with Crippen molar-refractivity contribution in [1.82, 2.24) is 24.8 Å². The van der Waals surface area contributed by atoms with Gasteiger partial charge < -0.3 is 33.5 Å². The molecule has 0 radical (unpaired) electrons. The van der Waals surface area contributed by atoms with Crippen LogP contribution in [-0.2, 0) is 14.7 Å². The van der Waals surface area contributed by atoms with E-state index in [1.807, 2.05) is 0 Å². The molecule has 2 aromatic heterocycles. The molecule has 6 rings (SSSR count). The molecule has 0 spiro atoms. The minimum atomic E-state index is -5.34. The average Bonchev–Trinajstić information content (AvgIpc) is 3.33. The Morgan fingerprint density at radius 2 is 1.83 bits per heavy atom. The molecule has 208 valence electrons. The first-order valence-corrected chi connectivity index (χ1v) is 13.4. The topological polar surface area (TPSA) is 154 Å². The number of nitrogens with zero attached hydrogens (tertiary/aromatic N) is 4. The number of rotatable bonds is 6. The van der Waals surface area contributed by atoms with Crippen LogP contribution in [0.5, 0.6) is 5.75 Å². The van der Waals surface area contributed by atoms with Gasteiger partial charge >= 0.3 is 65.7 Å². The average molecular weight is 619 g/mol. The van der Waals surface area contributed by atoms with Crippen LogP contribution in [0.3, 0.4) is 0 Å². The van der Waals surface area contributed by atoms with Crippen molar-refractivity contribution in [3.8, 4) is 16.9 Å². The van der Waals surface area contributed by atoms with Crippen LogP contribution in [0.15, 0.2) is 42.7 Å². The Labute approximate surface area is 281 Å². The minimum Gasteiger partial charge on any atom is -0.790 e. The number of alkyl halides is 2. The van der Waals surface area contributed by atoms with Crippen molar-refractivity contribution in [3.63, 3.8) is 0 Å². The molecule has 2 bridgehead atoms. The Morgan fingerprint density at radius 3 is 2.48 bits per heavy atom. The predicted molar refractivity (Wildman–Crippen MR) is 128 cm³/mol. The van der Waals surface area contributed by atoms with E-state index in [1.54, 1.807) is 4.57 Å². The second-order valence-electron chi connectivity index (χ2n) is 9.88. The molecule has 17 heteroatoms. The largest absolute Gasteiger partial charge is 1.00 e. The number of amides is 1. The van der Waals surface area contributed by atoms with Crippen LogP contribution in [0, 0.1) is 5.82 Å². The van der Waals surface area contributed by atoms with Crippen molar-refractivity contribution in [2.75, 3.05) is 0 Å². The van der Waals surface area contributed by atoms with E-state index < -0.39 is 43.8 Å². The van der Waals surface area contributed by atoms with E-state index in [0.29, 0.717) is 17.8 Å². The maximum Gasteiger partial charge on any atom is 1.00 e. The molecule has 4 aromatic rings. The summed E-state index contributed by atoms with van der Waals surface area (Å²) in [4.78, 5) is 47.8. The molecule has 0 aliphatic carbocycles. The fourth-order valence-electron chi connectivity index (χ4n) is 5.35. The maximum absolute atomic E-state index is 15.3. The summed E-state index contributed by atoms with van der Waals surface area (Å²) in [5, 5.41) is 2.87. The molecular weight excluding hydrogens is 600 g/mol. The van der Waals surface area contributed by atoms with Gasteiger partial charge in [0.1, 0.15) is 23.0 Å². The fraction of sp³-hybridized carbons (Fsp3) is 0.280. The second-order valence-corrected chi connectivity index (χ2v) is 11.0. The van der Waals surface area contributed by atoms with Gasteiger partial charge in [-0.2, -0.15) is 8.78 Å². The molecule has 11 nitrogen and oxygen atoms in total. The minimum absolute atomic E-state index is 0. The fourth-order valence-corrected chi connectivity index (χ4v) is 5.99. The van der Waals surface area contributed by atoms with E-state index >= 15 is 4.39 Å². The van der Waals surface area contributed by atoms with E-state index in [-0.39, 0.29) is 98.5 Å². The Kier molecular flexibility index (Phi) is 9.38. The number of hydrogen-bond acceptors (Lipinski definition) is 9. The number of nitrogens with one attached hydrogen (secondary N) is 1. The third kappa shape index (κ3) is 5.94. The molecule has 4 heterocycles. The van der Waals surface area contributed by atoms with Crippen LogP contribution in [-0.4, -0.2) is 32.0 Å². The Balaban J connectivity index is 0.00000202. The van der Waals surface area contributed by atoms with Crippen LogP contribution in [0.4, 0.5) is 13.2 Å². The third-order valence-corrected chi connectivity index (χ3v) is 7.57. The molecule has 0 unspecified atom stereocenters. The van der Waals surface area contributed by atoms with E-state index in [9.17, 15) is 27.9 Å². The van der Waals surface area contributed by atoms with Gasteiger partial charge in [-0.25, -0.2) is 19.3 Å². The second kappa shape index (κ2) is 11.9. The SMILES string of the molecule is CC(C)(OP(=O)([O-])[O-])c1ncc(-c2cc3c(cc2F)nc2n3[C@@H]3C[C@H]2NC(=O)c2cccc(OC(F)F)c23)cn1.[Na+].[Na+]. The van der Waals surface area contributed by atoms with Crippen LogP contribution < -0.4 is 79.0 Å². The van der Waals surface area contributed by atoms with Gasteiger partial charge in [-0.05, 0) is 38.5 Å². The molecule has 42 heavy (non-hydrogen) atoms. The van der Waals surface area contributed by atoms with E-state index in [2.05, 4.69) is 24.8 Å². The summed E-state index contributed by atoms with van der Waals surface area (Å²) in [7, 11) is -5.34. The number of carbonyl (C=O) groups is 1. The molecule has 1 amide bonds. The van der Waals surface area contributed by atoms with Crippen molar-refractivity contribution in [1.29, 1.82) is 0 Å². The number of hydrogen-bond donors (Lipinski definition) is 1. The van der Waals surface area contributed by atoms with Gasteiger partial charge in [0.05, 0.1) is 30.9 Å². The molecule has 2 atom stereocenters. The van der Waals surface area contributed by atoms with Crippen molar-refractivity contribution < 1.29 is 101 Å². The maximum atomic E-state index is 15.3. The molecule has 1 N–H and O–H groups in total. The number of carbonyl (C=O) groups excluding carboxylic acids is 1. The number of phosphoric acid groups is 1. The van der Waals surface area contributed by atoms with E-state index in [1.165, 1.54) is 56.6 Å². The van der Waals surface area contributed by atoms with Crippen molar-refractivity contribution in [2.45, 2.75) is 44.6 Å². The normalized spacial score (nSPS) is 17.6. The smallest absolute Gasteiger partial charge is 0.790 e. The van der Waals surface area contributed by atoms with Gasteiger partial charge in [-0.15, -0.1) is 0 Å². The molecule has 0 fully saturated rings. The molecule has 2 aromatic carbocycles. The summed E-state index contributed by atoms with van der Waals surface area (Å²) in [5.74, 6) is -0.929. The van der Waals surface area contributed by atoms with Gasteiger partial charge in [-0.1, -0.05) is 6.07 Å². The zero-order valence-corrected chi connectivity index (χ0v) is 27.7. The predicted octanol–water partition coefficient (Wildman–Crippen LogP) is -2.90. The first kappa shape index (κ1) is 33.1. The van der Waals surface area contributed by atoms with Gasteiger partial charge in [0.2, 0.25) is 0 Å². The Bertz CT molecular complexity index is 1730. The summed E-state index contributed by atoms with van der Waals surface area (Å²) in [6.45, 7) is -0.506. The number of phosphoric ester groups is 1. The van der Waals surface area contributed by atoms with Crippen molar-refractivity contribution in [2.24, 2.45) is 0 Å². The first-order chi connectivity index (χ1) is 18.8. The van der Waals surface area contributed by atoms with Crippen LogP contribution in [0.2, 0.25) is 0 Å². The summed E-state index contributed by atoms with van der Waals surface area (Å²) in [5.41, 5.74) is -0.123. The summed E-state index contributed by atoms with van der Waals surface area (Å²) in [6, 6.07) is 5.90. The molecule has 2 aliphatic heterocycles. The summed E-state index contributed by atoms with van der Waals surface area (Å²) < 4.78 is 63.9. The quantitative estimate of drug-likeness (QED) is 0.177. The molecular formula is C25H19F3N5Na2O6P. The number of aromatic nitrogens is 4.